The molecule has 0 aliphatic carbocycles. The van der Waals surface area contributed by atoms with E-state index in [0.29, 0.717) is 24.2 Å². The molecule has 2 aromatic rings. The van der Waals surface area contributed by atoms with Crippen LogP contribution in [0.25, 0.3) is 0 Å². The highest BCUT2D eigenvalue weighted by Gasteiger charge is 2.28. The van der Waals surface area contributed by atoms with Crippen molar-refractivity contribution in [2.75, 3.05) is 13.1 Å². The second-order valence-electron chi connectivity index (χ2n) is 5.72. The number of amides is 1. The Hall–Kier alpha value is -2.18. The molecular weight excluding hydrogens is 336 g/mol. The molecule has 5 nitrogen and oxygen atoms in total. The van der Waals surface area contributed by atoms with Gasteiger partial charge in [-0.15, -0.1) is 0 Å². The lowest BCUT2D eigenvalue weighted by Gasteiger charge is -2.26. The monoisotopic (exact) mass is 360 g/mol. The maximum absolute atomic E-state index is 12.8. The van der Waals surface area contributed by atoms with Crippen molar-refractivity contribution in [2.24, 2.45) is 0 Å². The fraction of sp³-hybridized carbons (Fsp3) is 0.316. The number of nitrogens with one attached hydrogen (secondary N) is 1. The number of likely N-dealkylation sites (N-methyl/N-ethyl adjacent to an activating group) is 1. The normalized spacial score (nSPS) is 12.6. The summed E-state index contributed by atoms with van der Waals surface area (Å²) in [5.41, 5.74) is 1.31. The smallest absolute Gasteiger partial charge is 0.245 e. The predicted molar refractivity (Wildman–Crippen MR) is 99.3 cm³/mol. The fourth-order valence-corrected chi connectivity index (χ4v) is 3.95. The van der Waals surface area contributed by atoms with Crippen molar-refractivity contribution in [1.82, 2.24) is 9.62 Å². The number of sulfonamides is 1. The van der Waals surface area contributed by atoms with E-state index in [0.717, 1.165) is 0 Å². The van der Waals surface area contributed by atoms with Crippen LogP contribution in [0.5, 0.6) is 0 Å². The van der Waals surface area contributed by atoms with E-state index < -0.39 is 16.1 Å². The Balaban J connectivity index is 2.28. The second-order valence-corrected chi connectivity index (χ2v) is 7.47. The number of carbonyl (C=O) groups excluding carboxylic acids is 1. The summed E-state index contributed by atoms with van der Waals surface area (Å²) in [6, 6.07) is 16.9. The van der Waals surface area contributed by atoms with Crippen LogP contribution in [0, 0.1) is 0 Å². The lowest BCUT2D eigenvalue weighted by Crippen LogP contribution is -2.43. The molecule has 0 aromatic heterocycles. The molecular formula is C19H24N2O3S. The lowest BCUT2D eigenvalue weighted by atomic mass is 10.1. The molecule has 1 atom stereocenters. The summed E-state index contributed by atoms with van der Waals surface area (Å²) >= 11 is 0. The average Bonchev–Trinajstić information content (AvgIpc) is 2.62. The first-order valence-electron chi connectivity index (χ1n) is 8.34. The van der Waals surface area contributed by atoms with Crippen molar-refractivity contribution < 1.29 is 13.2 Å². The lowest BCUT2D eigenvalue weighted by molar-refractivity contribution is -0.132. The summed E-state index contributed by atoms with van der Waals surface area (Å²) in [4.78, 5) is 14.5. The van der Waals surface area contributed by atoms with Gasteiger partial charge in [0.1, 0.15) is 6.04 Å². The van der Waals surface area contributed by atoms with Gasteiger partial charge in [-0.2, -0.15) is 4.72 Å². The zero-order valence-electron chi connectivity index (χ0n) is 14.6. The summed E-state index contributed by atoms with van der Waals surface area (Å²) in [5, 5.41) is 0. The predicted octanol–water partition coefficient (Wildman–Crippen LogP) is 2.72. The third-order valence-electron chi connectivity index (χ3n) is 3.95. The van der Waals surface area contributed by atoms with Crippen LogP contribution in [0.1, 0.15) is 31.0 Å². The van der Waals surface area contributed by atoms with Gasteiger partial charge >= 0.3 is 0 Å². The van der Waals surface area contributed by atoms with Gasteiger partial charge in [0.15, 0.2) is 0 Å². The number of carbonyl (C=O) groups is 1. The first-order valence-corrected chi connectivity index (χ1v) is 9.99. The minimum absolute atomic E-state index is 0.164. The topological polar surface area (TPSA) is 66.5 Å². The van der Waals surface area contributed by atoms with Gasteiger partial charge in [-0.1, -0.05) is 60.7 Å². The average molecular weight is 360 g/mol. The Morgan fingerprint density at radius 2 is 1.48 bits per heavy atom. The summed E-state index contributed by atoms with van der Waals surface area (Å²) in [5.74, 6) is -0.407. The minimum Gasteiger partial charge on any atom is -0.342 e. The van der Waals surface area contributed by atoms with Crippen molar-refractivity contribution in [1.29, 1.82) is 0 Å². The maximum atomic E-state index is 12.8. The van der Waals surface area contributed by atoms with Crippen LogP contribution < -0.4 is 4.72 Å². The fourth-order valence-electron chi connectivity index (χ4n) is 2.64. The Kier molecular flexibility index (Phi) is 6.73. The molecule has 0 bridgehead atoms. The molecule has 25 heavy (non-hydrogen) atoms. The molecule has 6 heteroatoms. The van der Waals surface area contributed by atoms with Gasteiger partial charge < -0.3 is 4.90 Å². The van der Waals surface area contributed by atoms with Crippen LogP contribution in [-0.4, -0.2) is 32.3 Å². The third kappa shape index (κ3) is 5.41. The number of rotatable bonds is 8. The highest BCUT2D eigenvalue weighted by Crippen LogP contribution is 2.18. The van der Waals surface area contributed by atoms with E-state index in [9.17, 15) is 13.2 Å². The van der Waals surface area contributed by atoms with Crippen LogP contribution in [0.4, 0.5) is 0 Å². The van der Waals surface area contributed by atoms with Crippen LogP contribution >= 0.6 is 0 Å². The molecule has 0 unspecified atom stereocenters. The number of hydrogen-bond acceptors (Lipinski definition) is 3. The van der Waals surface area contributed by atoms with Crippen LogP contribution in [0.3, 0.4) is 0 Å². The Morgan fingerprint density at radius 3 is 2.00 bits per heavy atom. The summed E-state index contributed by atoms with van der Waals surface area (Å²) in [6.07, 6.45) is 0. The van der Waals surface area contributed by atoms with Gasteiger partial charge in [0.2, 0.25) is 15.9 Å². The summed E-state index contributed by atoms with van der Waals surface area (Å²) in [6.45, 7) is 4.81. The van der Waals surface area contributed by atoms with Gasteiger partial charge in [0, 0.05) is 13.1 Å². The molecule has 2 aromatic carbocycles. The van der Waals surface area contributed by atoms with Gasteiger partial charge in [0.25, 0.3) is 0 Å². The van der Waals surface area contributed by atoms with Gasteiger partial charge in [-0.25, -0.2) is 8.42 Å². The first kappa shape index (κ1) is 19.1. The minimum atomic E-state index is -3.67. The maximum Gasteiger partial charge on any atom is 0.245 e. The number of benzene rings is 2. The Bertz CT molecular complexity index is 773. The molecule has 0 radical (unpaired) electrons. The van der Waals surface area contributed by atoms with Gasteiger partial charge in [-0.3, -0.25) is 4.79 Å². The van der Waals surface area contributed by atoms with Crippen molar-refractivity contribution in [2.45, 2.75) is 25.6 Å². The van der Waals surface area contributed by atoms with E-state index in [1.165, 1.54) is 0 Å². The summed E-state index contributed by atoms with van der Waals surface area (Å²) in [7, 11) is -3.67. The zero-order chi connectivity index (χ0) is 18.3. The van der Waals surface area contributed by atoms with E-state index in [-0.39, 0.29) is 11.7 Å². The Labute approximate surface area is 149 Å². The molecule has 2 rings (SSSR count). The van der Waals surface area contributed by atoms with Gasteiger partial charge in [0.05, 0.1) is 5.75 Å². The number of hydrogen-bond donors (Lipinski definition) is 1. The Morgan fingerprint density at radius 1 is 0.960 bits per heavy atom. The van der Waals surface area contributed by atoms with Crippen molar-refractivity contribution in [3.8, 4) is 0 Å². The first-order chi connectivity index (χ1) is 12.0. The third-order valence-corrected chi connectivity index (χ3v) is 5.26. The van der Waals surface area contributed by atoms with Crippen molar-refractivity contribution in [3.05, 3.63) is 71.8 Å². The molecule has 0 aliphatic rings. The number of nitrogens with zero attached hydrogens (tertiary/aromatic N) is 1. The van der Waals surface area contributed by atoms with Gasteiger partial charge in [-0.05, 0) is 25.0 Å². The highest BCUT2D eigenvalue weighted by molar-refractivity contribution is 7.88. The summed E-state index contributed by atoms with van der Waals surface area (Å²) < 4.78 is 27.8. The van der Waals surface area contributed by atoms with Crippen LogP contribution in [-0.2, 0) is 20.6 Å². The molecule has 0 aliphatic heterocycles. The largest absolute Gasteiger partial charge is 0.342 e. The van der Waals surface area contributed by atoms with Crippen LogP contribution in [0.2, 0.25) is 0 Å². The van der Waals surface area contributed by atoms with Crippen molar-refractivity contribution >= 4 is 15.9 Å². The molecule has 134 valence electrons. The van der Waals surface area contributed by atoms with E-state index in [4.69, 9.17) is 0 Å². The molecule has 0 spiro atoms. The van der Waals surface area contributed by atoms with E-state index >= 15 is 0 Å². The molecule has 1 amide bonds. The van der Waals surface area contributed by atoms with E-state index in [2.05, 4.69) is 4.72 Å². The van der Waals surface area contributed by atoms with Crippen molar-refractivity contribution in [3.63, 3.8) is 0 Å². The second kappa shape index (κ2) is 8.78. The van der Waals surface area contributed by atoms with Crippen LogP contribution in [0.15, 0.2) is 60.7 Å². The molecule has 0 fully saturated rings. The van der Waals surface area contributed by atoms with E-state index in [1.807, 2.05) is 26.0 Å². The van der Waals surface area contributed by atoms with E-state index in [1.54, 1.807) is 53.4 Å². The SMILES string of the molecule is CCN(CC)C(=O)[C@@H](NS(=O)(=O)Cc1ccccc1)c1ccccc1. The molecule has 0 saturated heterocycles. The molecule has 1 N–H and O–H groups in total. The highest BCUT2D eigenvalue weighted by atomic mass is 32.2. The molecule has 0 heterocycles. The molecule has 0 saturated carbocycles. The zero-order valence-corrected chi connectivity index (χ0v) is 15.4. The quantitative estimate of drug-likeness (QED) is 0.787. The standard InChI is InChI=1S/C19H24N2O3S/c1-3-21(4-2)19(22)18(17-13-9-6-10-14-17)20-25(23,24)15-16-11-7-5-8-12-16/h5-14,18,20H,3-4,15H2,1-2H3/t18-/m0/s1.